The average Bonchev–Trinajstić information content (AvgIpc) is 2.68. The SMILES string of the molecule is CC(=O)NCCCCCC(=O)OCC(=O)N1CCN(c2cccc(Cl)c2)CC1. The number of rotatable bonds is 9. The Kier molecular flexibility index (Phi) is 9.07. The van der Waals surface area contributed by atoms with Crippen LogP contribution in [0.4, 0.5) is 5.69 Å². The van der Waals surface area contributed by atoms with Crippen molar-refractivity contribution in [2.45, 2.75) is 32.6 Å². The summed E-state index contributed by atoms with van der Waals surface area (Å²) in [5, 5.41) is 3.40. The van der Waals surface area contributed by atoms with E-state index >= 15 is 0 Å². The van der Waals surface area contributed by atoms with E-state index in [4.69, 9.17) is 16.3 Å². The van der Waals surface area contributed by atoms with Gasteiger partial charge in [0.2, 0.25) is 5.91 Å². The van der Waals surface area contributed by atoms with Crippen LogP contribution in [0.25, 0.3) is 0 Å². The van der Waals surface area contributed by atoms with E-state index in [1.54, 1.807) is 4.90 Å². The van der Waals surface area contributed by atoms with Gasteiger partial charge >= 0.3 is 5.97 Å². The van der Waals surface area contributed by atoms with Gasteiger partial charge in [-0.2, -0.15) is 0 Å². The Labute approximate surface area is 171 Å². The number of anilines is 1. The molecule has 2 rings (SSSR count). The normalized spacial score (nSPS) is 13.9. The van der Waals surface area contributed by atoms with Gasteiger partial charge in [0.25, 0.3) is 5.91 Å². The summed E-state index contributed by atoms with van der Waals surface area (Å²) in [4.78, 5) is 38.7. The molecule has 7 nitrogen and oxygen atoms in total. The monoisotopic (exact) mass is 409 g/mol. The van der Waals surface area contributed by atoms with E-state index in [0.717, 1.165) is 18.5 Å². The Bertz CT molecular complexity index is 675. The smallest absolute Gasteiger partial charge is 0.306 e. The van der Waals surface area contributed by atoms with Crippen LogP contribution < -0.4 is 10.2 Å². The maximum Gasteiger partial charge on any atom is 0.306 e. The first-order valence-corrected chi connectivity index (χ1v) is 10.0. The van der Waals surface area contributed by atoms with E-state index in [1.807, 2.05) is 24.3 Å². The lowest BCUT2D eigenvalue weighted by atomic mass is 10.2. The molecule has 0 saturated carbocycles. The number of nitrogens with one attached hydrogen (secondary N) is 1. The molecule has 1 aromatic carbocycles. The summed E-state index contributed by atoms with van der Waals surface area (Å²) < 4.78 is 5.10. The minimum Gasteiger partial charge on any atom is -0.456 e. The molecule has 0 bridgehead atoms. The Morgan fingerprint density at radius 1 is 1.11 bits per heavy atom. The van der Waals surface area contributed by atoms with E-state index in [-0.39, 0.29) is 30.8 Å². The summed E-state index contributed by atoms with van der Waals surface area (Å²) >= 11 is 6.03. The first-order valence-electron chi connectivity index (χ1n) is 9.64. The lowest BCUT2D eigenvalue weighted by molar-refractivity contribution is -0.152. The third kappa shape index (κ3) is 7.76. The molecular weight excluding hydrogens is 382 g/mol. The van der Waals surface area contributed by atoms with Crippen LogP contribution in [0.3, 0.4) is 0 Å². The van der Waals surface area contributed by atoms with Gasteiger partial charge in [0.05, 0.1) is 0 Å². The minimum absolute atomic E-state index is 0.0497. The predicted octanol–water partition coefficient (Wildman–Crippen LogP) is 2.23. The number of nitrogens with zero attached hydrogens (tertiary/aromatic N) is 2. The van der Waals surface area contributed by atoms with Gasteiger partial charge in [-0.3, -0.25) is 14.4 Å². The molecular formula is C20H28ClN3O4. The Morgan fingerprint density at radius 3 is 2.54 bits per heavy atom. The van der Waals surface area contributed by atoms with Crippen LogP contribution in [0.1, 0.15) is 32.6 Å². The van der Waals surface area contributed by atoms with Crippen molar-refractivity contribution in [2.75, 3.05) is 44.2 Å². The first-order chi connectivity index (χ1) is 13.5. The van der Waals surface area contributed by atoms with Gasteiger partial charge in [0.15, 0.2) is 6.61 Å². The van der Waals surface area contributed by atoms with Crippen molar-refractivity contribution in [2.24, 2.45) is 0 Å². The van der Waals surface area contributed by atoms with Gasteiger partial charge in [0, 0.05) is 56.8 Å². The fourth-order valence-corrected chi connectivity index (χ4v) is 3.21. The van der Waals surface area contributed by atoms with Gasteiger partial charge < -0.3 is 19.9 Å². The molecule has 0 atom stereocenters. The average molecular weight is 410 g/mol. The Hall–Kier alpha value is -2.28. The van der Waals surface area contributed by atoms with Crippen molar-refractivity contribution < 1.29 is 19.1 Å². The highest BCUT2D eigenvalue weighted by Gasteiger charge is 2.22. The lowest BCUT2D eigenvalue weighted by Crippen LogP contribution is -2.49. The molecule has 8 heteroatoms. The van der Waals surface area contributed by atoms with Crippen LogP contribution in [0.15, 0.2) is 24.3 Å². The summed E-state index contributed by atoms with van der Waals surface area (Å²) in [7, 11) is 0. The van der Waals surface area contributed by atoms with Gasteiger partial charge in [-0.05, 0) is 31.0 Å². The van der Waals surface area contributed by atoms with Crippen molar-refractivity contribution in [3.8, 4) is 0 Å². The van der Waals surface area contributed by atoms with Crippen LogP contribution in [-0.4, -0.2) is 62.0 Å². The molecule has 0 unspecified atom stereocenters. The first kappa shape index (κ1) is 22.0. The standard InChI is InChI=1S/C20H28ClN3O4/c1-16(25)22-9-4-2-3-8-20(27)28-15-19(26)24-12-10-23(11-13-24)18-7-5-6-17(21)14-18/h5-7,14H,2-4,8-13,15H2,1H3,(H,22,25). The molecule has 0 aromatic heterocycles. The maximum atomic E-state index is 12.2. The quantitative estimate of drug-likeness (QED) is 0.499. The van der Waals surface area contributed by atoms with Crippen LogP contribution in [-0.2, 0) is 19.1 Å². The molecule has 0 spiro atoms. The molecule has 0 radical (unpaired) electrons. The number of piperazine rings is 1. The molecule has 2 amide bonds. The Balaban J connectivity index is 1.59. The van der Waals surface area contributed by atoms with E-state index in [0.29, 0.717) is 44.2 Å². The molecule has 1 fully saturated rings. The van der Waals surface area contributed by atoms with E-state index in [2.05, 4.69) is 10.2 Å². The molecule has 1 heterocycles. The number of unbranched alkanes of at least 4 members (excludes halogenated alkanes) is 2. The maximum absolute atomic E-state index is 12.2. The van der Waals surface area contributed by atoms with E-state index < -0.39 is 0 Å². The van der Waals surface area contributed by atoms with Crippen LogP contribution in [0.2, 0.25) is 5.02 Å². The lowest BCUT2D eigenvalue weighted by Gasteiger charge is -2.36. The fourth-order valence-electron chi connectivity index (χ4n) is 3.03. The predicted molar refractivity (Wildman–Crippen MR) is 108 cm³/mol. The zero-order valence-electron chi connectivity index (χ0n) is 16.3. The Morgan fingerprint density at radius 2 is 1.86 bits per heavy atom. The highest BCUT2D eigenvalue weighted by Crippen LogP contribution is 2.20. The van der Waals surface area contributed by atoms with Crippen molar-refractivity contribution in [3.63, 3.8) is 0 Å². The fraction of sp³-hybridized carbons (Fsp3) is 0.550. The number of carbonyl (C=O) groups is 3. The zero-order valence-corrected chi connectivity index (χ0v) is 17.0. The zero-order chi connectivity index (χ0) is 20.4. The second kappa shape index (κ2) is 11.5. The highest BCUT2D eigenvalue weighted by molar-refractivity contribution is 6.30. The summed E-state index contributed by atoms with van der Waals surface area (Å²) in [6.07, 6.45) is 2.62. The van der Waals surface area contributed by atoms with Crippen molar-refractivity contribution >= 4 is 35.1 Å². The summed E-state index contributed by atoms with van der Waals surface area (Å²) in [5.74, 6) is -0.568. The van der Waals surface area contributed by atoms with Crippen molar-refractivity contribution in [1.29, 1.82) is 0 Å². The number of halogens is 1. The second-order valence-corrected chi connectivity index (χ2v) is 7.24. The number of amides is 2. The van der Waals surface area contributed by atoms with Crippen LogP contribution >= 0.6 is 11.6 Å². The molecule has 154 valence electrons. The molecule has 1 aromatic rings. The van der Waals surface area contributed by atoms with Crippen LogP contribution in [0, 0.1) is 0 Å². The highest BCUT2D eigenvalue weighted by atomic mass is 35.5. The molecule has 28 heavy (non-hydrogen) atoms. The largest absolute Gasteiger partial charge is 0.456 e. The molecule has 1 aliphatic heterocycles. The second-order valence-electron chi connectivity index (χ2n) is 6.80. The molecule has 1 N–H and O–H groups in total. The van der Waals surface area contributed by atoms with Crippen molar-refractivity contribution in [3.05, 3.63) is 29.3 Å². The summed E-state index contributed by atoms with van der Waals surface area (Å²) in [6.45, 7) is 4.50. The third-order valence-corrected chi connectivity index (χ3v) is 4.83. The molecule has 1 saturated heterocycles. The van der Waals surface area contributed by atoms with E-state index in [9.17, 15) is 14.4 Å². The van der Waals surface area contributed by atoms with Crippen molar-refractivity contribution in [1.82, 2.24) is 10.2 Å². The summed E-state index contributed by atoms with van der Waals surface area (Å²) in [6, 6.07) is 7.66. The number of hydrogen-bond acceptors (Lipinski definition) is 5. The summed E-state index contributed by atoms with van der Waals surface area (Å²) in [5.41, 5.74) is 1.05. The topological polar surface area (TPSA) is 78.9 Å². The van der Waals surface area contributed by atoms with Crippen LogP contribution in [0.5, 0.6) is 0 Å². The van der Waals surface area contributed by atoms with Gasteiger partial charge in [-0.15, -0.1) is 0 Å². The number of ether oxygens (including phenoxy) is 1. The number of esters is 1. The van der Waals surface area contributed by atoms with Gasteiger partial charge in [0.1, 0.15) is 0 Å². The van der Waals surface area contributed by atoms with Gasteiger partial charge in [-0.1, -0.05) is 24.1 Å². The minimum atomic E-state index is -0.356. The number of hydrogen-bond donors (Lipinski definition) is 1. The molecule has 0 aliphatic carbocycles. The van der Waals surface area contributed by atoms with E-state index in [1.165, 1.54) is 6.92 Å². The van der Waals surface area contributed by atoms with Gasteiger partial charge in [-0.25, -0.2) is 0 Å². The number of carbonyl (C=O) groups excluding carboxylic acids is 3. The third-order valence-electron chi connectivity index (χ3n) is 4.59. The molecule has 1 aliphatic rings. The number of benzene rings is 1.